The second-order valence-electron chi connectivity index (χ2n) is 2.87. The van der Waals surface area contributed by atoms with Crippen molar-refractivity contribution < 1.29 is 4.39 Å². The van der Waals surface area contributed by atoms with Gasteiger partial charge in [-0.25, -0.2) is 4.39 Å². The molecule has 0 bridgehead atoms. The van der Waals surface area contributed by atoms with Crippen LogP contribution in [0.5, 0.6) is 0 Å². The fourth-order valence-electron chi connectivity index (χ4n) is 1.30. The fraction of sp³-hybridized carbons (Fsp3) is 0.200. The molecule has 0 unspecified atom stereocenters. The third-order valence-corrected chi connectivity index (χ3v) is 4.48. The summed E-state index contributed by atoms with van der Waals surface area (Å²) in [5.41, 5.74) is 0. The van der Waals surface area contributed by atoms with Gasteiger partial charge in [-0.2, -0.15) is 0 Å². The van der Waals surface area contributed by atoms with Crippen molar-refractivity contribution in [1.29, 1.82) is 0 Å². The summed E-state index contributed by atoms with van der Waals surface area (Å²) in [4.78, 5) is 1.32. The molecular weight excluding hydrogens is 298 g/mol. The van der Waals surface area contributed by atoms with Gasteiger partial charge in [0.2, 0.25) is 0 Å². The molecule has 0 radical (unpaired) electrons. The zero-order valence-electron chi connectivity index (χ0n) is 7.10. The van der Waals surface area contributed by atoms with E-state index >= 15 is 0 Å². The minimum absolute atomic E-state index is 0.141. The summed E-state index contributed by atoms with van der Waals surface area (Å²) in [5.74, 6) is -0.141. The van der Waals surface area contributed by atoms with Gasteiger partial charge in [-0.1, -0.05) is 6.92 Å². The maximum Gasteiger partial charge on any atom is 0.124 e. The van der Waals surface area contributed by atoms with Crippen molar-refractivity contribution in [3.63, 3.8) is 0 Å². The Bertz CT molecular complexity index is 447. The Morgan fingerprint density at radius 2 is 2.15 bits per heavy atom. The standard InChI is InChI=1S/C10H8FIS/c1-2-8-4-6-3-7(11)5-9(12)10(6)13-8/h3-5H,2H2,1H3. The summed E-state index contributed by atoms with van der Waals surface area (Å²) in [7, 11) is 0. The Kier molecular flexibility index (Phi) is 2.55. The lowest BCUT2D eigenvalue weighted by Crippen LogP contribution is -1.75. The first-order valence-corrected chi connectivity index (χ1v) is 5.97. The lowest BCUT2D eigenvalue weighted by molar-refractivity contribution is 0.629. The molecule has 0 nitrogen and oxygen atoms in total. The largest absolute Gasteiger partial charge is 0.207 e. The fourth-order valence-corrected chi connectivity index (χ4v) is 3.23. The summed E-state index contributed by atoms with van der Waals surface area (Å²) in [6.45, 7) is 2.12. The molecule has 2 rings (SSSR count). The van der Waals surface area contributed by atoms with E-state index < -0.39 is 0 Å². The molecule has 0 spiro atoms. The summed E-state index contributed by atoms with van der Waals surface area (Å²) in [5, 5.41) is 1.03. The van der Waals surface area contributed by atoms with Crippen molar-refractivity contribution in [3.05, 3.63) is 32.5 Å². The molecule has 0 aliphatic rings. The number of rotatable bonds is 1. The van der Waals surface area contributed by atoms with Crippen LogP contribution < -0.4 is 0 Å². The molecule has 0 aliphatic heterocycles. The predicted molar refractivity (Wildman–Crippen MR) is 63.9 cm³/mol. The number of hydrogen-bond acceptors (Lipinski definition) is 1. The van der Waals surface area contributed by atoms with Crippen LogP contribution in [0.3, 0.4) is 0 Å². The lowest BCUT2D eigenvalue weighted by atomic mass is 10.2. The van der Waals surface area contributed by atoms with Crippen LogP contribution in [0.1, 0.15) is 11.8 Å². The Balaban J connectivity index is 2.75. The molecule has 2 aromatic rings. The second kappa shape index (κ2) is 3.53. The second-order valence-corrected chi connectivity index (χ2v) is 5.17. The van der Waals surface area contributed by atoms with E-state index in [1.54, 1.807) is 23.5 Å². The number of benzene rings is 1. The molecule has 13 heavy (non-hydrogen) atoms. The van der Waals surface area contributed by atoms with Crippen LogP contribution >= 0.6 is 33.9 Å². The van der Waals surface area contributed by atoms with Crippen molar-refractivity contribution in [2.75, 3.05) is 0 Å². The molecule has 1 aromatic carbocycles. The van der Waals surface area contributed by atoms with Gasteiger partial charge < -0.3 is 0 Å². The molecule has 3 heteroatoms. The smallest absolute Gasteiger partial charge is 0.124 e. The maximum atomic E-state index is 13.0. The Morgan fingerprint density at radius 3 is 2.85 bits per heavy atom. The van der Waals surface area contributed by atoms with Crippen LogP contribution in [0, 0.1) is 9.39 Å². The first kappa shape index (κ1) is 9.40. The average molecular weight is 306 g/mol. The number of fused-ring (bicyclic) bond motifs is 1. The number of hydrogen-bond donors (Lipinski definition) is 0. The number of halogens is 2. The van der Waals surface area contributed by atoms with Crippen molar-refractivity contribution >= 4 is 44.0 Å². The third kappa shape index (κ3) is 1.72. The van der Waals surface area contributed by atoms with E-state index in [4.69, 9.17) is 0 Å². The minimum Gasteiger partial charge on any atom is -0.207 e. The molecule has 1 aromatic heterocycles. The molecular formula is C10H8FIS. The Morgan fingerprint density at radius 1 is 1.38 bits per heavy atom. The SMILES string of the molecule is CCc1cc2cc(F)cc(I)c2s1. The van der Waals surface area contributed by atoms with Gasteiger partial charge in [-0.15, -0.1) is 11.3 Å². The van der Waals surface area contributed by atoms with Gasteiger partial charge in [0.15, 0.2) is 0 Å². The quantitative estimate of drug-likeness (QED) is 0.692. The van der Waals surface area contributed by atoms with E-state index in [0.29, 0.717) is 0 Å². The van der Waals surface area contributed by atoms with Crippen LogP contribution in [0.2, 0.25) is 0 Å². The summed E-state index contributed by atoms with van der Waals surface area (Å²) >= 11 is 3.94. The molecule has 0 N–H and O–H groups in total. The third-order valence-electron chi connectivity index (χ3n) is 1.94. The molecule has 68 valence electrons. The lowest BCUT2D eigenvalue weighted by Gasteiger charge is -1.93. The zero-order valence-corrected chi connectivity index (χ0v) is 10.1. The molecule has 0 fully saturated rings. The average Bonchev–Trinajstić information content (AvgIpc) is 2.47. The highest BCUT2D eigenvalue weighted by molar-refractivity contribution is 14.1. The van der Waals surface area contributed by atoms with Crippen molar-refractivity contribution in [2.45, 2.75) is 13.3 Å². The van der Waals surface area contributed by atoms with Gasteiger partial charge in [0.05, 0.1) is 0 Å². The highest BCUT2D eigenvalue weighted by Crippen LogP contribution is 2.30. The molecule has 0 saturated heterocycles. The van der Waals surface area contributed by atoms with Crippen molar-refractivity contribution in [2.24, 2.45) is 0 Å². The topological polar surface area (TPSA) is 0 Å². The molecule has 0 saturated carbocycles. The van der Waals surface area contributed by atoms with Crippen LogP contribution in [0.15, 0.2) is 18.2 Å². The molecule has 0 amide bonds. The monoisotopic (exact) mass is 306 g/mol. The summed E-state index contributed by atoms with van der Waals surface area (Å²) in [6, 6.07) is 5.26. The van der Waals surface area contributed by atoms with Crippen LogP contribution in [0.25, 0.3) is 10.1 Å². The maximum absolute atomic E-state index is 13.0. The van der Waals surface area contributed by atoms with Crippen LogP contribution in [0.4, 0.5) is 4.39 Å². The van der Waals surface area contributed by atoms with Crippen LogP contribution in [-0.2, 0) is 6.42 Å². The highest BCUT2D eigenvalue weighted by atomic mass is 127. The van der Waals surface area contributed by atoms with E-state index in [9.17, 15) is 4.39 Å². The Labute approximate surface area is 93.9 Å². The van der Waals surface area contributed by atoms with E-state index in [2.05, 4.69) is 35.6 Å². The highest BCUT2D eigenvalue weighted by Gasteiger charge is 2.05. The first-order chi connectivity index (χ1) is 6.20. The number of thiophene rings is 1. The van der Waals surface area contributed by atoms with E-state index in [-0.39, 0.29) is 5.82 Å². The summed E-state index contributed by atoms with van der Waals surface area (Å²) < 4.78 is 15.2. The van der Waals surface area contributed by atoms with E-state index in [0.717, 1.165) is 15.4 Å². The van der Waals surface area contributed by atoms with E-state index in [1.165, 1.54) is 9.58 Å². The first-order valence-electron chi connectivity index (χ1n) is 4.08. The number of aryl methyl sites for hydroxylation is 1. The molecule has 0 atom stereocenters. The van der Waals surface area contributed by atoms with Crippen molar-refractivity contribution in [3.8, 4) is 0 Å². The van der Waals surface area contributed by atoms with Crippen LogP contribution in [-0.4, -0.2) is 0 Å². The van der Waals surface area contributed by atoms with Gasteiger partial charge in [-0.05, 0) is 52.6 Å². The zero-order chi connectivity index (χ0) is 9.42. The predicted octanol–water partition coefficient (Wildman–Crippen LogP) is 4.21. The van der Waals surface area contributed by atoms with E-state index in [1.807, 2.05) is 0 Å². The van der Waals surface area contributed by atoms with Crippen molar-refractivity contribution in [1.82, 2.24) is 0 Å². The molecule has 1 heterocycles. The van der Waals surface area contributed by atoms with Gasteiger partial charge in [0.25, 0.3) is 0 Å². The van der Waals surface area contributed by atoms with Gasteiger partial charge in [0.1, 0.15) is 5.82 Å². The Hall–Kier alpha value is -0.160. The summed E-state index contributed by atoms with van der Waals surface area (Å²) in [6.07, 6.45) is 1.02. The van der Waals surface area contributed by atoms with Gasteiger partial charge in [0, 0.05) is 13.1 Å². The van der Waals surface area contributed by atoms with Gasteiger partial charge in [-0.3, -0.25) is 0 Å². The molecule has 0 aliphatic carbocycles. The van der Waals surface area contributed by atoms with Gasteiger partial charge >= 0.3 is 0 Å². The minimum atomic E-state index is -0.141. The normalized spacial score (nSPS) is 11.0.